The van der Waals surface area contributed by atoms with E-state index in [4.69, 9.17) is 18.9 Å². The number of allylic oxidation sites excluding steroid dienone is 1. The van der Waals surface area contributed by atoms with Gasteiger partial charge in [0.1, 0.15) is 13.2 Å². The third kappa shape index (κ3) is 6.54. The van der Waals surface area contributed by atoms with E-state index in [9.17, 15) is 4.79 Å². The molecule has 0 aliphatic carbocycles. The van der Waals surface area contributed by atoms with Crippen molar-refractivity contribution < 1.29 is 23.7 Å². The Morgan fingerprint density at radius 3 is 1.72 bits per heavy atom. The van der Waals surface area contributed by atoms with Crippen LogP contribution < -0.4 is 18.9 Å². The first-order valence-electron chi connectivity index (χ1n) is 11.6. The highest BCUT2D eigenvalue weighted by molar-refractivity contribution is 6.07. The van der Waals surface area contributed by atoms with Gasteiger partial charge in [-0.05, 0) is 53.1 Å². The molecule has 0 saturated carbocycles. The summed E-state index contributed by atoms with van der Waals surface area (Å²) in [6.07, 6.45) is 3.27. The molecule has 0 N–H and O–H groups in total. The first-order valence-corrected chi connectivity index (χ1v) is 11.6. The third-order valence-electron chi connectivity index (χ3n) is 5.54. The van der Waals surface area contributed by atoms with Crippen molar-refractivity contribution in [1.82, 2.24) is 0 Å². The minimum Gasteiger partial charge on any atom is -0.493 e. The summed E-state index contributed by atoms with van der Waals surface area (Å²) < 4.78 is 22.7. The number of benzene rings is 4. The molecule has 4 rings (SSSR count). The fourth-order valence-corrected chi connectivity index (χ4v) is 3.59. The number of rotatable bonds is 11. The Morgan fingerprint density at radius 1 is 0.639 bits per heavy atom. The first kappa shape index (κ1) is 24.6. The highest BCUT2D eigenvalue weighted by Crippen LogP contribution is 2.31. The predicted octanol–water partition coefficient (Wildman–Crippen LogP) is 6.76. The van der Waals surface area contributed by atoms with Gasteiger partial charge >= 0.3 is 0 Å². The molecule has 0 atom stereocenters. The summed E-state index contributed by atoms with van der Waals surface area (Å²) in [5.74, 6) is 2.18. The molecule has 36 heavy (non-hydrogen) atoms. The van der Waals surface area contributed by atoms with E-state index in [1.807, 2.05) is 78.9 Å². The van der Waals surface area contributed by atoms with Crippen LogP contribution in [-0.4, -0.2) is 20.0 Å². The maximum atomic E-state index is 12.8. The van der Waals surface area contributed by atoms with Gasteiger partial charge in [-0.3, -0.25) is 4.79 Å². The maximum Gasteiger partial charge on any atom is 0.185 e. The lowest BCUT2D eigenvalue weighted by Gasteiger charge is -2.12. The van der Waals surface area contributed by atoms with Gasteiger partial charge in [0.05, 0.1) is 14.2 Å². The van der Waals surface area contributed by atoms with Crippen molar-refractivity contribution in [2.24, 2.45) is 0 Å². The maximum absolute atomic E-state index is 12.8. The molecule has 0 aliphatic rings. The molecule has 0 aromatic heterocycles. The predicted molar refractivity (Wildman–Crippen MR) is 141 cm³/mol. The van der Waals surface area contributed by atoms with E-state index in [0.29, 0.717) is 41.8 Å². The molecule has 0 unspecified atom stereocenters. The quantitative estimate of drug-likeness (QED) is 0.175. The van der Waals surface area contributed by atoms with E-state index in [0.717, 1.165) is 16.7 Å². The molecule has 5 heteroatoms. The molecular weight excluding hydrogens is 452 g/mol. The van der Waals surface area contributed by atoms with Crippen LogP contribution in [0.1, 0.15) is 27.0 Å². The lowest BCUT2D eigenvalue weighted by Crippen LogP contribution is -2.00. The second-order valence-electron chi connectivity index (χ2n) is 8.02. The van der Waals surface area contributed by atoms with Gasteiger partial charge in [-0.1, -0.05) is 72.8 Å². The van der Waals surface area contributed by atoms with Crippen molar-refractivity contribution in [3.05, 3.63) is 125 Å². The molecule has 4 aromatic rings. The number of hydrogen-bond acceptors (Lipinski definition) is 5. The van der Waals surface area contributed by atoms with Crippen molar-refractivity contribution in [2.45, 2.75) is 13.2 Å². The van der Waals surface area contributed by atoms with Crippen molar-refractivity contribution in [2.75, 3.05) is 14.2 Å². The Hall–Kier alpha value is -4.51. The average molecular weight is 481 g/mol. The topological polar surface area (TPSA) is 54.0 Å². The summed E-state index contributed by atoms with van der Waals surface area (Å²) in [6.45, 7) is 0.856. The molecule has 4 aromatic carbocycles. The van der Waals surface area contributed by atoms with E-state index in [1.165, 1.54) is 6.08 Å². The summed E-state index contributed by atoms with van der Waals surface area (Å²) in [5, 5.41) is 0. The van der Waals surface area contributed by atoms with Gasteiger partial charge in [0, 0.05) is 5.56 Å². The van der Waals surface area contributed by atoms with Crippen LogP contribution in [-0.2, 0) is 13.2 Å². The molecule has 0 spiro atoms. The van der Waals surface area contributed by atoms with Gasteiger partial charge in [-0.15, -0.1) is 0 Å². The lowest BCUT2D eigenvalue weighted by molar-refractivity contribution is 0.104. The molecule has 182 valence electrons. The lowest BCUT2D eigenvalue weighted by atomic mass is 10.1. The SMILES string of the molecule is COc1cc(C=CC(=O)c2ccc(OCc3ccccc3)c(OC)c2)ccc1OCc1ccccc1. The zero-order valence-corrected chi connectivity index (χ0v) is 20.3. The van der Waals surface area contributed by atoms with Crippen LogP contribution in [0.25, 0.3) is 6.08 Å². The van der Waals surface area contributed by atoms with Crippen LogP contribution in [0.15, 0.2) is 103 Å². The van der Waals surface area contributed by atoms with E-state index in [-0.39, 0.29) is 5.78 Å². The molecule has 5 nitrogen and oxygen atoms in total. The highest BCUT2D eigenvalue weighted by Gasteiger charge is 2.11. The van der Waals surface area contributed by atoms with Crippen LogP contribution in [0.3, 0.4) is 0 Å². The van der Waals surface area contributed by atoms with Crippen LogP contribution in [0.2, 0.25) is 0 Å². The van der Waals surface area contributed by atoms with E-state index < -0.39 is 0 Å². The van der Waals surface area contributed by atoms with Crippen LogP contribution in [0.5, 0.6) is 23.0 Å². The van der Waals surface area contributed by atoms with E-state index in [2.05, 4.69) is 0 Å². The van der Waals surface area contributed by atoms with Gasteiger partial charge in [0.2, 0.25) is 0 Å². The number of methoxy groups -OCH3 is 2. The average Bonchev–Trinajstić information content (AvgIpc) is 2.94. The zero-order valence-electron chi connectivity index (χ0n) is 20.3. The summed E-state index contributed by atoms with van der Waals surface area (Å²) >= 11 is 0. The summed E-state index contributed by atoms with van der Waals surface area (Å²) in [5.41, 5.74) is 3.45. The second kappa shape index (κ2) is 12.3. The number of carbonyl (C=O) groups is 1. The molecule has 0 fully saturated rings. The zero-order chi connectivity index (χ0) is 25.2. The van der Waals surface area contributed by atoms with Gasteiger partial charge in [-0.25, -0.2) is 0 Å². The smallest absolute Gasteiger partial charge is 0.185 e. The minimum atomic E-state index is -0.147. The van der Waals surface area contributed by atoms with Crippen LogP contribution in [0, 0.1) is 0 Å². The standard InChI is InChI=1S/C31H28O5/c1-33-30-19-23(14-17-28(30)35-21-24-9-5-3-6-10-24)13-16-27(32)26-15-18-29(31(20-26)34-2)36-22-25-11-7-4-8-12-25/h3-20H,21-22H2,1-2H3. The van der Waals surface area contributed by atoms with Crippen molar-refractivity contribution in [3.8, 4) is 23.0 Å². The Balaban J connectivity index is 1.41. The van der Waals surface area contributed by atoms with Gasteiger partial charge in [0.25, 0.3) is 0 Å². The second-order valence-corrected chi connectivity index (χ2v) is 8.02. The molecule has 0 saturated heterocycles. The largest absolute Gasteiger partial charge is 0.493 e. The Kier molecular flexibility index (Phi) is 8.39. The fraction of sp³-hybridized carbons (Fsp3) is 0.129. The molecule has 0 radical (unpaired) electrons. The molecule has 0 amide bonds. The van der Waals surface area contributed by atoms with E-state index >= 15 is 0 Å². The van der Waals surface area contributed by atoms with Crippen LogP contribution >= 0.6 is 0 Å². The number of carbonyl (C=O) groups excluding carboxylic acids is 1. The minimum absolute atomic E-state index is 0.147. The summed E-state index contributed by atoms with van der Waals surface area (Å²) in [4.78, 5) is 12.8. The number of ether oxygens (including phenoxy) is 4. The Labute approximate surface area is 211 Å². The molecular formula is C31H28O5. The van der Waals surface area contributed by atoms with Crippen molar-refractivity contribution >= 4 is 11.9 Å². The van der Waals surface area contributed by atoms with E-state index in [1.54, 1.807) is 38.5 Å². The fourth-order valence-electron chi connectivity index (χ4n) is 3.59. The summed E-state index contributed by atoms with van der Waals surface area (Å²) in [6, 6.07) is 30.5. The highest BCUT2D eigenvalue weighted by atomic mass is 16.5. The molecule has 0 bridgehead atoms. The number of hydrogen-bond donors (Lipinski definition) is 0. The Morgan fingerprint density at radius 2 is 1.17 bits per heavy atom. The van der Waals surface area contributed by atoms with Crippen molar-refractivity contribution in [3.63, 3.8) is 0 Å². The van der Waals surface area contributed by atoms with Crippen molar-refractivity contribution in [1.29, 1.82) is 0 Å². The molecule has 0 aliphatic heterocycles. The van der Waals surface area contributed by atoms with Gasteiger partial charge in [-0.2, -0.15) is 0 Å². The monoisotopic (exact) mass is 480 g/mol. The van der Waals surface area contributed by atoms with Gasteiger partial charge < -0.3 is 18.9 Å². The van der Waals surface area contributed by atoms with Gasteiger partial charge in [0.15, 0.2) is 28.8 Å². The number of ketones is 1. The van der Waals surface area contributed by atoms with Crippen LogP contribution in [0.4, 0.5) is 0 Å². The Bertz CT molecular complexity index is 1310. The normalized spacial score (nSPS) is 10.7. The first-order chi connectivity index (χ1) is 17.7. The molecule has 0 heterocycles. The third-order valence-corrected chi connectivity index (χ3v) is 5.54. The summed E-state index contributed by atoms with van der Waals surface area (Å²) in [7, 11) is 3.15.